The molecule has 3 unspecified atom stereocenters. The van der Waals surface area contributed by atoms with Crippen LogP contribution < -0.4 is 5.32 Å². The zero-order valence-electron chi connectivity index (χ0n) is 13.0. The number of benzene rings is 1. The van der Waals surface area contributed by atoms with E-state index in [0.717, 1.165) is 19.3 Å². The first-order chi connectivity index (χ1) is 11.0. The first-order valence-corrected chi connectivity index (χ1v) is 8.79. The molecular formula is C17H20Cl2N2O2. The minimum atomic E-state index is -0.407. The molecule has 2 fully saturated rings. The number of hydrogen-bond donors (Lipinski definition) is 1. The summed E-state index contributed by atoms with van der Waals surface area (Å²) in [7, 11) is 0. The summed E-state index contributed by atoms with van der Waals surface area (Å²) in [5, 5.41) is 3.76. The highest BCUT2D eigenvalue weighted by Crippen LogP contribution is 2.40. The molecule has 0 aromatic heterocycles. The summed E-state index contributed by atoms with van der Waals surface area (Å²) >= 11 is 12.0. The van der Waals surface area contributed by atoms with Crippen LogP contribution in [0.5, 0.6) is 0 Å². The maximum Gasteiger partial charge on any atom is 0.247 e. The molecule has 3 rings (SSSR count). The third-order valence-corrected chi connectivity index (χ3v) is 5.25. The fourth-order valence-electron chi connectivity index (χ4n) is 3.15. The fourth-order valence-corrected chi connectivity index (χ4v) is 3.61. The number of halogens is 2. The van der Waals surface area contributed by atoms with Gasteiger partial charge in [-0.15, -0.1) is 0 Å². The maximum atomic E-state index is 12.6. The summed E-state index contributed by atoms with van der Waals surface area (Å²) in [5.74, 6) is 0.497. The minimum Gasteiger partial charge on any atom is -0.330 e. The molecule has 1 heterocycles. The van der Waals surface area contributed by atoms with Crippen molar-refractivity contribution in [3.8, 4) is 0 Å². The molecule has 2 amide bonds. The first-order valence-electron chi connectivity index (χ1n) is 8.04. The molecule has 1 aliphatic heterocycles. The van der Waals surface area contributed by atoms with Crippen molar-refractivity contribution in [2.45, 2.75) is 38.6 Å². The molecule has 1 aliphatic carbocycles. The van der Waals surface area contributed by atoms with Crippen LogP contribution in [0.15, 0.2) is 18.2 Å². The predicted octanol–water partition coefficient (Wildman–Crippen LogP) is 3.97. The molecule has 6 heteroatoms. The Balaban J connectivity index is 1.72. The predicted molar refractivity (Wildman–Crippen MR) is 91.7 cm³/mol. The molecule has 1 aromatic rings. The summed E-state index contributed by atoms with van der Waals surface area (Å²) in [6.45, 7) is 2.74. The van der Waals surface area contributed by atoms with Gasteiger partial charge in [0.1, 0.15) is 6.04 Å². The average molecular weight is 355 g/mol. The summed E-state index contributed by atoms with van der Waals surface area (Å²) in [5.41, 5.74) is 0.527. The van der Waals surface area contributed by atoms with E-state index < -0.39 is 6.04 Å². The van der Waals surface area contributed by atoms with Crippen molar-refractivity contribution in [2.24, 2.45) is 11.8 Å². The van der Waals surface area contributed by atoms with Crippen molar-refractivity contribution >= 4 is 40.7 Å². The largest absolute Gasteiger partial charge is 0.330 e. The zero-order chi connectivity index (χ0) is 16.6. The molecule has 0 bridgehead atoms. The number of carbonyl (C=O) groups excluding carboxylic acids is 2. The van der Waals surface area contributed by atoms with Gasteiger partial charge in [-0.3, -0.25) is 9.59 Å². The highest BCUT2D eigenvalue weighted by atomic mass is 35.5. The molecule has 4 nitrogen and oxygen atoms in total. The van der Waals surface area contributed by atoms with Gasteiger partial charge in [-0.25, -0.2) is 0 Å². The van der Waals surface area contributed by atoms with Crippen LogP contribution in [-0.4, -0.2) is 29.3 Å². The Hall–Kier alpha value is -1.26. The Morgan fingerprint density at radius 2 is 2.00 bits per heavy atom. The van der Waals surface area contributed by atoms with Crippen LogP contribution in [0.25, 0.3) is 0 Å². The van der Waals surface area contributed by atoms with Crippen molar-refractivity contribution in [1.82, 2.24) is 4.90 Å². The number of anilines is 1. The number of hydrogen-bond acceptors (Lipinski definition) is 2. The Morgan fingerprint density at radius 3 is 2.65 bits per heavy atom. The quantitative estimate of drug-likeness (QED) is 0.892. The van der Waals surface area contributed by atoms with Gasteiger partial charge < -0.3 is 10.2 Å². The average Bonchev–Trinajstić information content (AvgIpc) is 3.26. The summed E-state index contributed by atoms with van der Waals surface area (Å²) in [6.07, 6.45) is 3.55. The second kappa shape index (κ2) is 6.70. The molecule has 3 atom stereocenters. The van der Waals surface area contributed by atoms with Crippen molar-refractivity contribution in [3.63, 3.8) is 0 Å². The number of amides is 2. The second-order valence-electron chi connectivity index (χ2n) is 6.48. The SMILES string of the molecule is CC1CC1C(=O)N1CCCCC1C(=O)Nc1ccc(Cl)cc1Cl. The number of rotatable bonds is 3. The third-order valence-electron chi connectivity index (χ3n) is 4.70. The number of likely N-dealkylation sites (tertiary alicyclic amines) is 1. The summed E-state index contributed by atoms with van der Waals surface area (Å²) in [6, 6.07) is 4.55. The lowest BCUT2D eigenvalue weighted by atomic mass is 10.00. The molecule has 0 spiro atoms. The number of carbonyl (C=O) groups is 2. The molecule has 1 saturated carbocycles. The normalized spacial score (nSPS) is 26.7. The Labute approximate surface area is 146 Å². The zero-order valence-corrected chi connectivity index (χ0v) is 14.5. The standard InChI is InChI=1S/C17H20Cl2N2O2/c1-10-8-12(10)17(23)21-7-3-2-4-15(21)16(22)20-14-6-5-11(18)9-13(14)19/h5-6,9-10,12,15H,2-4,7-8H2,1H3,(H,20,22). The summed E-state index contributed by atoms with van der Waals surface area (Å²) < 4.78 is 0. The summed E-state index contributed by atoms with van der Waals surface area (Å²) in [4.78, 5) is 27.0. The van der Waals surface area contributed by atoms with Gasteiger partial charge in [-0.1, -0.05) is 30.1 Å². The third kappa shape index (κ3) is 3.64. The van der Waals surface area contributed by atoms with Gasteiger partial charge in [0.05, 0.1) is 10.7 Å². The van der Waals surface area contributed by atoms with Crippen LogP contribution in [0.1, 0.15) is 32.6 Å². The van der Waals surface area contributed by atoms with Crippen LogP contribution in [-0.2, 0) is 9.59 Å². The first kappa shape index (κ1) is 16.6. The van der Waals surface area contributed by atoms with E-state index in [1.807, 2.05) is 0 Å². The van der Waals surface area contributed by atoms with E-state index in [0.29, 0.717) is 34.6 Å². The molecule has 1 N–H and O–H groups in total. The van der Waals surface area contributed by atoms with E-state index in [2.05, 4.69) is 12.2 Å². The van der Waals surface area contributed by atoms with E-state index in [4.69, 9.17) is 23.2 Å². The molecule has 2 aliphatic rings. The molecule has 1 saturated heterocycles. The number of piperidine rings is 1. The van der Waals surface area contributed by atoms with E-state index in [9.17, 15) is 9.59 Å². The second-order valence-corrected chi connectivity index (χ2v) is 7.32. The molecular weight excluding hydrogens is 335 g/mol. The van der Waals surface area contributed by atoms with Crippen molar-refractivity contribution in [3.05, 3.63) is 28.2 Å². The van der Waals surface area contributed by atoms with Crippen LogP contribution in [0, 0.1) is 11.8 Å². The molecule has 23 heavy (non-hydrogen) atoms. The van der Waals surface area contributed by atoms with Crippen LogP contribution in [0.3, 0.4) is 0 Å². The van der Waals surface area contributed by atoms with E-state index >= 15 is 0 Å². The molecule has 0 radical (unpaired) electrons. The van der Waals surface area contributed by atoms with Gasteiger partial charge in [0.2, 0.25) is 11.8 Å². The topological polar surface area (TPSA) is 49.4 Å². The highest BCUT2D eigenvalue weighted by molar-refractivity contribution is 6.36. The van der Waals surface area contributed by atoms with E-state index in [1.54, 1.807) is 23.1 Å². The Bertz CT molecular complexity index is 635. The van der Waals surface area contributed by atoms with Crippen LogP contribution in [0.4, 0.5) is 5.69 Å². The van der Waals surface area contributed by atoms with Gasteiger partial charge in [0, 0.05) is 17.5 Å². The minimum absolute atomic E-state index is 0.0996. The van der Waals surface area contributed by atoms with Gasteiger partial charge in [0.15, 0.2) is 0 Å². The number of nitrogens with zero attached hydrogens (tertiary/aromatic N) is 1. The van der Waals surface area contributed by atoms with E-state index in [-0.39, 0.29) is 17.7 Å². The van der Waals surface area contributed by atoms with Crippen LogP contribution in [0.2, 0.25) is 10.0 Å². The smallest absolute Gasteiger partial charge is 0.247 e. The lowest BCUT2D eigenvalue weighted by Crippen LogP contribution is -2.50. The van der Waals surface area contributed by atoms with Gasteiger partial charge in [-0.05, 0) is 49.8 Å². The molecule has 124 valence electrons. The fraction of sp³-hybridized carbons (Fsp3) is 0.529. The van der Waals surface area contributed by atoms with Crippen molar-refractivity contribution < 1.29 is 9.59 Å². The lowest BCUT2D eigenvalue weighted by molar-refractivity contribution is -0.141. The maximum absolute atomic E-state index is 12.6. The van der Waals surface area contributed by atoms with Gasteiger partial charge >= 0.3 is 0 Å². The Morgan fingerprint density at radius 1 is 1.26 bits per heavy atom. The van der Waals surface area contributed by atoms with E-state index in [1.165, 1.54) is 0 Å². The van der Waals surface area contributed by atoms with Gasteiger partial charge in [0.25, 0.3) is 0 Å². The highest BCUT2D eigenvalue weighted by Gasteiger charge is 2.44. The lowest BCUT2D eigenvalue weighted by Gasteiger charge is -2.35. The van der Waals surface area contributed by atoms with Gasteiger partial charge in [-0.2, -0.15) is 0 Å². The molecule has 1 aromatic carbocycles. The van der Waals surface area contributed by atoms with Crippen molar-refractivity contribution in [2.75, 3.05) is 11.9 Å². The number of nitrogens with one attached hydrogen (secondary N) is 1. The monoisotopic (exact) mass is 354 g/mol. The van der Waals surface area contributed by atoms with Crippen molar-refractivity contribution in [1.29, 1.82) is 0 Å². The Kier molecular flexibility index (Phi) is 4.83. The van der Waals surface area contributed by atoms with Crippen LogP contribution >= 0.6 is 23.2 Å².